The van der Waals surface area contributed by atoms with Gasteiger partial charge >= 0.3 is 0 Å². The quantitative estimate of drug-likeness (QED) is 0.721. The van der Waals surface area contributed by atoms with E-state index in [4.69, 9.17) is 4.74 Å². The van der Waals surface area contributed by atoms with Gasteiger partial charge in [-0.25, -0.2) is 0 Å². The van der Waals surface area contributed by atoms with E-state index in [2.05, 4.69) is 26.6 Å². The van der Waals surface area contributed by atoms with E-state index in [1.807, 2.05) is 24.3 Å². The Morgan fingerprint density at radius 2 is 1.81 bits per heavy atom. The van der Waals surface area contributed by atoms with Gasteiger partial charge in [0.15, 0.2) is 0 Å². The number of amides is 2. The van der Waals surface area contributed by atoms with Gasteiger partial charge in [0.25, 0.3) is 0 Å². The topological polar surface area (TPSA) is 70.7 Å². The number of hydrogen-bond donors (Lipinski definition) is 2. The fourth-order valence-corrected chi connectivity index (χ4v) is 2.51. The third-order valence-electron chi connectivity index (χ3n) is 3.90. The molecule has 0 radical (unpaired) electrons. The number of carbonyl (C=O) groups is 2. The van der Waals surface area contributed by atoms with Crippen molar-refractivity contribution >= 4 is 39.1 Å². The number of ether oxygens (including phenoxy) is 1. The van der Waals surface area contributed by atoms with E-state index in [0.29, 0.717) is 17.1 Å². The van der Waals surface area contributed by atoms with Crippen molar-refractivity contribution in [2.45, 2.75) is 13.0 Å². The van der Waals surface area contributed by atoms with Crippen LogP contribution >= 0.6 is 15.9 Å². The molecule has 1 unspecified atom stereocenters. The Labute approximate surface area is 161 Å². The van der Waals surface area contributed by atoms with Gasteiger partial charge in [0.2, 0.25) is 11.8 Å². The molecule has 0 bridgehead atoms. The van der Waals surface area contributed by atoms with Crippen LogP contribution in [0.3, 0.4) is 0 Å². The number of hydrogen-bond acceptors (Lipinski definition) is 4. The molecular formula is C19H22BrN3O3. The maximum atomic E-state index is 12.3. The lowest BCUT2D eigenvalue weighted by Gasteiger charge is -2.23. The Morgan fingerprint density at radius 1 is 1.12 bits per heavy atom. The number of benzene rings is 2. The van der Waals surface area contributed by atoms with Crippen LogP contribution in [-0.2, 0) is 9.59 Å². The summed E-state index contributed by atoms with van der Waals surface area (Å²) in [4.78, 5) is 26.2. The summed E-state index contributed by atoms with van der Waals surface area (Å²) in [6, 6.07) is 14.0. The highest BCUT2D eigenvalue weighted by molar-refractivity contribution is 9.10. The molecule has 138 valence electrons. The van der Waals surface area contributed by atoms with Gasteiger partial charge in [0, 0.05) is 21.9 Å². The lowest BCUT2D eigenvalue weighted by atomic mass is 10.2. The molecular weight excluding hydrogens is 398 g/mol. The average Bonchev–Trinajstić information content (AvgIpc) is 2.62. The van der Waals surface area contributed by atoms with Crippen molar-refractivity contribution in [3.63, 3.8) is 0 Å². The van der Waals surface area contributed by atoms with Crippen LogP contribution in [0.5, 0.6) is 5.75 Å². The third-order valence-corrected chi connectivity index (χ3v) is 4.43. The van der Waals surface area contributed by atoms with Crippen LogP contribution in [0.2, 0.25) is 0 Å². The van der Waals surface area contributed by atoms with E-state index in [0.717, 1.165) is 4.47 Å². The summed E-state index contributed by atoms with van der Waals surface area (Å²) in [6.07, 6.45) is 0. The summed E-state index contributed by atoms with van der Waals surface area (Å²) >= 11 is 3.35. The second kappa shape index (κ2) is 9.35. The van der Waals surface area contributed by atoms with Crippen molar-refractivity contribution in [1.82, 2.24) is 4.90 Å². The molecule has 2 aromatic carbocycles. The van der Waals surface area contributed by atoms with Crippen LogP contribution in [0, 0.1) is 0 Å². The van der Waals surface area contributed by atoms with Gasteiger partial charge in [-0.2, -0.15) is 0 Å². The highest BCUT2D eigenvalue weighted by Crippen LogP contribution is 2.17. The zero-order chi connectivity index (χ0) is 19.1. The number of rotatable bonds is 7. The number of likely N-dealkylation sites (N-methyl/N-ethyl adjacent to an activating group) is 1. The van der Waals surface area contributed by atoms with Gasteiger partial charge in [-0.1, -0.05) is 22.0 Å². The number of nitrogens with one attached hydrogen (secondary N) is 2. The van der Waals surface area contributed by atoms with E-state index in [-0.39, 0.29) is 18.4 Å². The van der Waals surface area contributed by atoms with Gasteiger partial charge in [-0.05, 0) is 50.4 Å². The van der Waals surface area contributed by atoms with E-state index in [9.17, 15) is 9.59 Å². The number of anilines is 2. The summed E-state index contributed by atoms with van der Waals surface area (Å²) in [7, 11) is 3.30. The highest BCUT2D eigenvalue weighted by Gasteiger charge is 2.20. The molecule has 2 N–H and O–H groups in total. The van der Waals surface area contributed by atoms with Gasteiger partial charge in [-0.3, -0.25) is 14.5 Å². The van der Waals surface area contributed by atoms with Crippen molar-refractivity contribution in [3.8, 4) is 5.75 Å². The number of carbonyl (C=O) groups excluding carboxylic acids is 2. The van der Waals surface area contributed by atoms with Crippen molar-refractivity contribution in [1.29, 1.82) is 0 Å². The molecule has 26 heavy (non-hydrogen) atoms. The van der Waals surface area contributed by atoms with E-state index < -0.39 is 6.04 Å². The molecule has 0 aliphatic heterocycles. The van der Waals surface area contributed by atoms with Gasteiger partial charge < -0.3 is 15.4 Å². The molecule has 6 nitrogen and oxygen atoms in total. The zero-order valence-corrected chi connectivity index (χ0v) is 16.5. The molecule has 0 aromatic heterocycles. The Kier molecular flexibility index (Phi) is 7.17. The van der Waals surface area contributed by atoms with E-state index in [1.165, 1.54) is 0 Å². The second-order valence-electron chi connectivity index (χ2n) is 5.87. The molecule has 0 aliphatic carbocycles. The first kappa shape index (κ1) is 19.9. The minimum absolute atomic E-state index is 0.0894. The summed E-state index contributed by atoms with van der Waals surface area (Å²) in [6.45, 7) is 1.85. The van der Waals surface area contributed by atoms with Gasteiger partial charge in [-0.15, -0.1) is 0 Å². The van der Waals surface area contributed by atoms with Crippen LogP contribution in [0.1, 0.15) is 6.92 Å². The van der Waals surface area contributed by atoms with Crippen LogP contribution < -0.4 is 15.4 Å². The highest BCUT2D eigenvalue weighted by atomic mass is 79.9. The van der Waals surface area contributed by atoms with Crippen molar-refractivity contribution in [2.75, 3.05) is 31.3 Å². The smallest absolute Gasteiger partial charge is 0.241 e. The van der Waals surface area contributed by atoms with Crippen molar-refractivity contribution < 1.29 is 14.3 Å². The Hall–Kier alpha value is -2.38. The molecule has 1 atom stereocenters. The molecule has 7 heteroatoms. The number of nitrogens with zero attached hydrogens (tertiary/aromatic N) is 1. The first-order valence-electron chi connectivity index (χ1n) is 8.09. The monoisotopic (exact) mass is 419 g/mol. The zero-order valence-electron chi connectivity index (χ0n) is 15.0. The Balaban J connectivity index is 1.88. The van der Waals surface area contributed by atoms with Crippen LogP contribution in [0.25, 0.3) is 0 Å². The fourth-order valence-electron chi connectivity index (χ4n) is 2.24. The second-order valence-corrected chi connectivity index (χ2v) is 6.78. The maximum absolute atomic E-state index is 12.3. The summed E-state index contributed by atoms with van der Waals surface area (Å²) in [5.74, 6) is 0.284. The lowest BCUT2D eigenvalue weighted by Crippen LogP contribution is -2.43. The lowest BCUT2D eigenvalue weighted by molar-refractivity contribution is -0.122. The predicted molar refractivity (Wildman–Crippen MR) is 106 cm³/mol. The minimum atomic E-state index is -0.463. The molecule has 2 rings (SSSR count). The SMILES string of the molecule is COc1cccc(NC(=O)CN(C)C(C)C(=O)Nc2ccc(Br)cc2)c1. The van der Waals surface area contributed by atoms with Crippen LogP contribution in [0.15, 0.2) is 53.0 Å². The van der Waals surface area contributed by atoms with Gasteiger partial charge in [0.05, 0.1) is 19.7 Å². The van der Waals surface area contributed by atoms with Crippen LogP contribution in [-0.4, -0.2) is 43.5 Å². The minimum Gasteiger partial charge on any atom is -0.497 e. The Bertz CT molecular complexity index is 765. The molecule has 0 spiro atoms. The third kappa shape index (κ3) is 5.86. The predicted octanol–water partition coefficient (Wildman–Crippen LogP) is 3.36. The molecule has 2 aromatic rings. The normalized spacial score (nSPS) is 11.7. The molecule has 0 aliphatic rings. The van der Waals surface area contributed by atoms with E-state index >= 15 is 0 Å². The maximum Gasteiger partial charge on any atom is 0.241 e. The number of methoxy groups -OCH3 is 1. The van der Waals surface area contributed by atoms with Crippen LogP contribution in [0.4, 0.5) is 11.4 Å². The first-order chi connectivity index (χ1) is 12.4. The fraction of sp³-hybridized carbons (Fsp3) is 0.263. The van der Waals surface area contributed by atoms with Gasteiger partial charge in [0.1, 0.15) is 5.75 Å². The Morgan fingerprint density at radius 3 is 2.46 bits per heavy atom. The first-order valence-corrected chi connectivity index (χ1v) is 8.89. The molecule has 0 heterocycles. The number of halogens is 1. The molecule has 0 saturated carbocycles. The summed E-state index contributed by atoms with van der Waals surface area (Å²) < 4.78 is 6.07. The average molecular weight is 420 g/mol. The van der Waals surface area contributed by atoms with Crippen molar-refractivity contribution in [2.24, 2.45) is 0 Å². The largest absolute Gasteiger partial charge is 0.497 e. The molecule has 0 saturated heterocycles. The standard InChI is InChI=1S/C19H22BrN3O3/c1-13(19(25)22-15-9-7-14(20)8-10-15)23(2)12-18(24)21-16-5-4-6-17(11-16)26-3/h4-11,13H,12H2,1-3H3,(H,21,24)(H,22,25). The molecule has 2 amide bonds. The molecule has 0 fully saturated rings. The summed E-state index contributed by atoms with van der Waals surface area (Å²) in [5, 5.41) is 5.64. The summed E-state index contributed by atoms with van der Waals surface area (Å²) in [5.41, 5.74) is 1.36. The van der Waals surface area contributed by atoms with E-state index in [1.54, 1.807) is 50.2 Å². The van der Waals surface area contributed by atoms with Crippen molar-refractivity contribution in [3.05, 3.63) is 53.0 Å².